The van der Waals surface area contributed by atoms with E-state index in [0.29, 0.717) is 15.9 Å². The Kier molecular flexibility index (Phi) is 5.26. The Morgan fingerprint density at radius 3 is 2.75 bits per heavy atom. The Morgan fingerprint density at radius 1 is 1.29 bits per heavy atom. The number of hydrogen-bond acceptors (Lipinski definition) is 4. The fourth-order valence-corrected chi connectivity index (χ4v) is 3.58. The number of benzene rings is 1. The summed E-state index contributed by atoms with van der Waals surface area (Å²) in [6.07, 6.45) is 3.71. The minimum Gasteiger partial charge on any atom is -0.325 e. The predicted octanol–water partition coefficient (Wildman–Crippen LogP) is 3.42. The molecule has 3 rings (SSSR count). The summed E-state index contributed by atoms with van der Waals surface area (Å²) in [6.45, 7) is 1.79. The van der Waals surface area contributed by atoms with Crippen LogP contribution in [0.1, 0.15) is 31.0 Å². The van der Waals surface area contributed by atoms with Crippen LogP contribution < -0.4 is 10.9 Å². The maximum absolute atomic E-state index is 12.3. The molecule has 0 unspecified atom stereocenters. The maximum Gasteiger partial charge on any atom is 0.254 e. The van der Waals surface area contributed by atoms with E-state index in [-0.39, 0.29) is 16.7 Å². The summed E-state index contributed by atoms with van der Waals surface area (Å²) in [5.74, 6) is -0.150. The van der Waals surface area contributed by atoms with Crippen molar-refractivity contribution in [2.75, 3.05) is 5.32 Å². The molecule has 0 bridgehead atoms. The van der Waals surface area contributed by atoms with Crippen molar-refractivity contribution in [1.82, 2.24) is 9.97 Å². The number of aromatic amines is 1. The molecule has 1 aromatic carbocycles. The molecule has 0 spiro atoms. The number of H-pyrrole nitrogens is 1. The maximum atomic E-state index is 12.3. The van der Waals surface area contributed by atoms with Crippen molar-refractivity contribution in [2.24, 2.45) is 0 Å². The van der Waals surface area contributed by atoms with Crippen molar-refractivity contribution < 1.29 is 4.79 Å². The molecular weight excluding hydrogens is 346 g/mol. The van der Waals surface area contributed by atoms with Gasteiger partial charge in [-0.15, -0.1) is 0 Å². The van der Waals surface area contributed by atoms with Gasteiger partial charge >= 0.3 is 0 Å². The summed E-state index contributed by atoms with van der Waals surface area (Å²) in [5.41, 5.74) is 2.28. The first-order valence-corrected chi connectivity index (χ1v) is 9.14. The van der Waals surface area contributed by atoms with Crippen molar-refractivity contribution in [2.45, 2.75) is 43.0 Å². The number of carbonyl (C=O) groups is 1. The van der Waals surface area contributed by atoms with Crippen molar-refractivity contribution in [3.63, 3.8) is 0 Å². The number of rotatable bonds is 4. The standard InChI is InChI=1S/C17H18ClN3O2S/c1-10(15(22)19-12-8-6-11(18)7-9-12)24-17-20-14-5-3-2-4-13(14)16(23)21-17/h6-10H,2-5H2,1H3,(H,19,22)(H,20,21,23)/t10-/m1/s1. The number of hydrogen-bond donors (Lipinski definition) is 2. The van der Waals surface area contributed by atoms with E-state index in [1.807, 2.05) is 0 Å². The largest absolute Gasteiger partial charge is 0.325 e. The average Bonchev–Trinajstić information content (AvgIpc) is 2.57. The molecule has 0 aliphatic heterocycles. The van der Waals surface area contributed by atoms with Gasteiger partial charge in [0.2, 0.25) is 5.91 Å². The van der Waals surface area contributed by atoms with Crippen LogP contribution in [0.4, 0.5) is 5.69 Å². The van der Waals surface area contributed by atoms with Crippen molar-refractivity contribution >= 4 is 35.0 Å². The lowest BCUT2D eigenvalue weighted by Gasteiger charge is -2.16. The van der Waals surface area contributed by atoms with Crippen LogP contribution in [0, 0.1) is 0 Å². The van der Waals surface area contributed by atoms with Gasteiger partial charge in [-0.05, 0) is 56.9 Å². The molecule has 1 atom stereocenters. The van der Waals surface area contributed by atoms with Gasteiger partial charge < -0.3 is 10.3 Å². The Bertz CT molecular complexity index is 804. The molecule has 1 heterocycles. The second kappa shape index (κ2) is 7.40. The highest BCUT2D eigenvalue weighted by atomic mass is 35.5. The fraction of sp³-hybridized carbons (Fsp3) is 0.353. The minimum atomic E-state index is -0.384. The van der Waals surface area contributed by atoms with E-state index in [4.69, 9.17) is 11.6 Å². The molecule has 0 saturated carbocycles. The number of anilines is 1. The molecule has 2 aromatic rings. The van der Waals surface area contributed by atoms with Gasteiger partial charge in [0.15, 0.2) is 5.16 Å². The first-order chi connectivity index (χ1) is 11.5. The topological polar surface area (TPSA) is 74.8 Å². The molecule has 5 nitrogen and oxygen atoms in total. The molecule has 0 fully saturated rings. The molecule has 7 heteroatoms. The Morgan fingerprint density at radius 2 is 2.00 bits per heavy atom. The van der Waals surface area contributed by atoms with Crippen LogP contribution in [0.5, 0.6) is 0 Å². The quantitative estimate of drug-likeness (QED) is 0.644. The van der Waals surface area contributed by atoms with Gasteiger partial charge in [0, 0.05) is 16.3 Å². The summed E-state index contributed by atoms with van der Waals surface area (Å²) in [7, 11) is 0. The van der Waals surface area contributed by atoms with Gasteiger partial charge in [0.25, 0.3) is 5.56 Å². The molecule has 24 heavy (non-hydrogen) atoms. The minimum absolute atomic E-state index is 0.0764. The number of aromatic nitrogens is 2. The van der Waals surface area contributed by atoms with E-state index in [1.165, 1.54) is 11.8 Å². The number of nitrogens with zero attached hydrogens (tertiary/aromatic N) is 1. The summed E-state index contributed by atoms with van der Waals surface area (Å²) < 4.78 is 0. The third-order valence-electron chi connectivity index (χ3n) is 3.94. The van der Waals surface area contributed by atoms with E-state index in [9.17, 15) is 9.59 Å². The van der Waals surface area contributed by atoms with Crippen LogP contribution in [0.15, 0.2) is 34.2 Å². The van der Waals surface area contributed by atoms with Crippen LogP contribution in [0.2, 0.25) is 5.02 Å². The number of fused-ring (bicyclic) bond motifs is 1. The normalized spacial score (nSPS) is 14.8. The predicted molar refractivity (Wildman–Crippen MR) is 96.9 cm³/mol. The van der Waals surface area contributed by atoms with Gasteiger partial charge in [-0.2, -0.15) is 0 Å². The zero-order chi connectivity index (χ0) is 17.1. The molecule has 0 saturated heterocycles. The van der Waals surface area contributed by atoms with Crippen molar-refractivity contribution in [1.29, 1.82) is 0 Å². The molecule has 1 aliphatic carbocycles. The lowest BCUT2D eigenvalue weighted by molar-refractivity contribution is -0.115. The number of carbonyl (C=O) groups excluding carboxylic acids is 1. The smallest absolute Gasteiger partial charge is 0.254 e. The Hall–Kier alpha value is -1.79. The van der Waals surface area contributed by atoms with E-state index in [2.05, 4.69) is 15.3 Å². The first-order valence-electron chi connectivity index (χ1n) is 7.88. The molecule has 1 aliphatic rings. The summed E-state index contributed by atoms with van der Waals surface area (Å²) in [4.78, 5) is 31.7. The third kappa shape index (κ3) is 3.99. The summed E-state index contributed by atoms with van der Waals surface area (Å²) in [5, 5.41) is 3.56. The van der Waals surface area contributed by atoms with Gasteiger partial charge in [-0.1, -0.05) is 23.4 Å². The molecule has 126 valence electrons. The average molecular weight is 364 g/mol. The van der Waals surface area contributed by atoms with Crippen LogP contribution in [0.3, 0.4) is 0 Å². The first kappa shape index (κ1) is 17.0. The Balaban J connectivity index is 1.69. The van der Waals surface area contributed by atoms with Gasteiger partial charge in [0.1, 0.15) is 0 Å². The fourth-order valence-electron chi connectivity index (χ4n) is 2.63. The molecule has 2 N–H and O–H groups in total. The van der Waals surface area contributed by atoms with Gasteiger partial charge in [0.05, 0.1) is 10.9 Å². The number of aryl methyl sites for hydroxylation is 1. The highest BCUT2D eigenvalue weighted by molar-refractivity contribution is 8.00. The van der Waals surface area contributed by atoms with Crippen molar-refractivity contribution in [3.8, 4) is 0 Å². The van der Waals surface area contributed by atoms with Crippen LogP contribution >= 0.6 is 23.4 Å². The number of nitrogens with one attached hydrogen (secondary N) is 2. The zero-order valence-corrected chi connectivity index (χ0v) is 14.8. The van der Waals surface area contributed by atoms with E-state index < -0.39 is 0 Å². The molecule has 0 radical (unpaired) electrons. The molecular formula is C17H18ClN3O2S. The second-order valence-electron chi connectivity index (χ2n) is 5.76. The van der Waals surface area contributed by atoms with Crippen LogP contribution in [-0.2, 0) is 17.6 Å². The van der Waals surface area contributed by atoms with Gasteiger partial charge in [-0.25, -0.2) is 4.98 Å². The van der Waals surface area contributed by atoms with E-state index in [0.717, 1.165) is 36.9 Å². The van der Waals surface area contributed by atoms with Crippen LogP contribution in [0.25, 0.3) is 0 Å². The second-order valence-corrected chi connectivity index (χ2v) is 7.53. The van der Waals surface area contributed by atoms with Crippen molar-refractivity contribution in [3.05, 3.63) is 50.9 Å². The number of thioether (sulfide) groups is 1. The lowest BCUT2D eigenvalue weighted by atomic mass is 9.97. The monoisotopic (exact) mass is 363 g/mol. The third-order valence-corrected chi connectivity index (χ3v) is 5.18. The number of amides is 1. The SMILES string of the molecule is C[C@@H](Sc1nc2c(c(=O)[nH]1)CCCC2)C(=O)Nc1ccc(Cl)cc1. The zero-order valence-electron chi connectivity index (χ0n) is 13.3. The van der Waals surface area contributed by atoms with Gasteiger partial charge in [-0.3, -0.25) is 9.59 Å². The van der Waals surface area contributed by atoms with Crippen LogP contribution in [-0.4, -0.2) is 21.1 Å². The van der Waals surface area contributed by atoms with E-state index in [1.54, 1.807) is 31.2 Å². The Labute approximate surface area is 149 Å². The molecule has 1 aromatic heterocycles. The summed E-state index contributed by atoms with van der Waals surface area (Å²) in [6, 6.07) is 6.93. The lowest BCUT2D eigenvalue weighted by Crippen LogP contribution is -2.25. The van der Waals surface area contributed by atoms with E-state index >= 15 is 0 Å². The summed E-state index contributed by atoms with van der Waals surface area (Å²) >= 11 is 7.09. The molecule has 1 amide bonds. The highest BCUT2D eigenvalue weighted by Crippen LogP contribution is 2.23. The number of halogens is 1. The highest BCUT2D eigenvalue weighted by Gasteiger charge is 2.19.